The number of fused-ring (bicyclic) bond motifs is 1. The van der Waals surface area contributed by atoms with Crippen LogP contribution in [0.15, 0.2) is 18.6 Å². The molecule has 0 aromatic carbocycles. The molecule has 3 N–H and O–H groups in total. The second-order valence-corrected chi connectivity index (χ2v) is 6.24. The van der Waals surface area contributed by atoms with Crippen molar-refractivity contribution in [2.24, 2.45) is 0 Å². The number of hydrogen-bond donors (Lipinski definition) is 3. The summed E-state index contributed by atoms with van der Waals surface area (Å²) in [6.45, 7) is -0.341. The van der Waals surface area contributed by atoms with E-state index in [1.54, 1.807) is 10.8 Å². The molecule has 3 rings (SSSR count). The van der Waals surface area contributed by atoms with E-state index >= 15 is 0 Å². The van der Waals surface area contributed by atoms with Crippen LogP contribution in [0, 0.1) is 0 Å². The van der Waals surface area contributed by atoms with Crippen LogP contribution in [0.5, 0.6) is 0 Å². The molecule has 2 aromatic heterocycles. The third kappa shape index (κ3) is 2.05. The summed E-state index contributed by atoms with van der Waals surface area (Å²) < 4.78 is 8.17. The van der Waals surface area contributed by atoms with E-state index in [0.717, 1.165) is 9.98 Å². The number of hydrogen-bond acceptors (Lipinski definition) is 6. The Morgan fingerprint density at radius 3 is 2.80 bits per heavy atom. The molecule has 0 bridgehead atoms. The van der Waals surface area contributed by atoms with E-state index in [9.17, 15) is 10.2 Å². The van der Waals surface area contributed by atoms with E-state index in [4.69, 9.17) is 9.84 Å². The van der Waals surface area contributed by atoms with Crippen molar-refractivity contribution in [3.05, 3.63) is 18.6 Å². The van der Waals surface area contributed by atoms with Crippen molar-refractivity contribution in [1.82, 2.24) is 14.5 Å². The van der Waals surface area contributed by atoms with Crippen LogP contribution in [-0.4, -0.2) is 69.7 Å². The molecule has 1 fully saturated rings. The molecule has 8 heteroatoms. The first-order valence-corrected chi connectivity index (χ1v) is 8.72. The van der Waals surface area contributed by atoms with Gasteiger partial charge in [0.1, 0.15) is 0 Å². The van der Waals surface area contributed by atoms with Crippen LogP contribution in [0.1, 0.15) is 6.23 Å². The molecule has 4 atom stereocenters. The molecular weight excluding hydrogens is 329 g/mol. The van der Waals surface area contributed by atoms with Crippen molar-refractivity contribution in [2.45, 2.75) is 30.4 Å². The van der Waals surface area contributed by atoms with Crippen molar-refractivity contribution >= 4 is 30.6 Å². The molecule has 20 heavy (non-hydrogen) atoms. The Kier molecular flexibility index (Phi) is 3.76. The zero-order valence-electron chi connectivity index (χ0n) is 10.7. The molecule has 0 amide bonds. The fourth-order valence-corrected chi connectivity index (χ4v) is 3.54. The number of aliphatic hydroxyl groups is 3. The molecule has 3 heterocycles. The van der Waals surface area contributed by atoms with Crippen LogP contribution in [0.4, 0.5) is 0 Å². The van der Waals surface area contributed by atoms with Gasteiger partial charge >= 0.3 is 121 Å². The van der Waals surface area contributed by atoms with Gasteiger partial charge in [0.25, 0.3) is 0 Å². The normalized spacial score (nSPS) is 30.2. The summed E-state index contributed by atoms with van der Waals surface area (Å²) in [6, 6.07) is 1.88. The molecule has 2 aromatic rings. The SMILES string of the molecule is C[Se]c1ncnc2c1ccn2C1O[C@H](CO)[C@@H](O)[C@H]1O. The predicted molar refractivity (Wildman–Crippen MR) is 71.8 cm³/mol. The molecule has 0 saturated carbocycles. The third-order valence-corrected chi connectivity index (χ3v) is 4.95. The first-order valence-electron chi connectivity index (χ1n) is 6.15. The van der Waals surface area contributed by atoms with Gasteiger partial charge in [0, 0.05) is 0 Å². The van der Waals surface area contributed by atoms with Gasteiger partial charge in [-0.15, -0.1) is 0 Å². The van der Waals surface area contributed by atoms with E-state index in [-0.39, 0.29) is 21.6 Å². The zero-order valence-corrected chi connectivity index (χ0v) is 12.5. The van der Waals surface area contributed by atoms with Crippen LogP contribution in [0.3, 0.4) is 0 Å². The number of aliphatic hydroxyl groups excluding tert-OH is 3. The Bertz CT molecular complexity index is 620. The predicted octanol–water partition coefficient (Wildman–Crippen LogP) is -1.58. The fourth-order valence-electron chi connectivity index (χ4n) is 2.43. The van der Waals surface area contributed by atoms with Gasteiger partial charge in [-0.05, 0) is 0 Å². The summed E-state index contributed by atoms with van der Waals surface area (Å²) in [5.74, 6) is 2.07. The summed E-state index contributed by atoms with van der Waals surface area (Å²) in [5, 5.41) is 30.0. The average Bonchev–Trinajstić information content (AvgIpc) is 3.01. The quantitative estimate of drug-likeness (QED) is 0.581. The average molecular weight is 344 g/mol. The van der Waals surface area contributed by atoms with Gasteiger partial charge in [0.15, 0.2) is 0 Å². The maximum absolute atomic E-state index is 10.1. The number of nitrogens with zero attached hydrogens (tertiary/aromatic N) is 3. The van der Waals surface area contributed by atoms with Gasteiger partial charge in [0.05, 0.1) is 0 Å². The molecule has 1 unspecified atom stereocenters. The van der Waals surface area contributed by atoms with Crippen molar-refractivity contribution in [2.75, 3.05) is 6.61 Å². The first-order chi connectivity index (χ1) is 9.67. The Balaban J connectivity index is 2.03. The van der Waals surface area contributed by atoms with Gasteiger partial charge in [-0.3, -0.25) is 0 Å². The van der Waals surface area contributed by atoms with Crippen LogP contribution >= 0.6 is 0 Å². The van der Waals surface area contributed by atoms with Gasteiger partial charge in [0.2, 0.25) is 0 Å². The Hall–Kier alpha value is -1.02. The van der Waals surface area contributed by atoms with Crippen LogP contribution in [-0.2, 0) is 4.74 Å². The molecule has 7 nitrogen and oxygen atoms in total. The summed E-state index contributed by atoms with van der Waals surface area (Å²) in [5.41, 5.74) is 0.661. The van der Waals surface area contributed by atoms with Gasteiger partial charge in [-0.2, -0.15) is 0 Å². The number of ether oxygens (including phenoxy) is 1. The summed E-state index contributed by atoms with van der Waals surface area (Å²) in [6.07, 6.45) is -0.515. The van der Waals surface area contributed by atoms with Crippen LogP contribution in [0.25, 0.3) is 11.0 Å². The van der Waals surface area contributed by atoms with E-state index in [0.29, 0.717) is 5.65 Å². The number of rotatable bonds is 3. The van der Waals surface area contributed by atoms with Crippen molar-refractivity contribution in [3.8, 4) is 0 Å². The van der Waals surface area contributed by atoms with Gasteiger partial charge < -0.3 is 0 Å². The number of aromatic nitrogens is 3. The molecule has 108 valence electrons. The molecular formula is C12H15N3O4Se. The van der Waals surface area contributed by atoms with Crippen molar-refractivity contribution in [3.63, 3.8) is 0 Å². The minimum atomic E-state index is -1.11. The Morgan fingerprint density at radius 2 is 2.15 bits per heavy atom. The zero-order chi connectivity index (χ0) is 14.3. The molecule has 1 aliphatic heterocycles. The van der Waals surface area contributed by atoms with E-state index < -0.39 is 24.5 Å². The fraction of sp³-hybridized carbons (Fsp3) is 0.500. The minimum absolute atomic E-state index is 0.232. The monoisotopic (exact) mass is 345 g/mol. The molecule has 1 aliphatic rings. The summed E-state index contributed by atoms with van der Waals surface area (Å²) in [4.78, 5) is 8.47. The van der Waals surface area contributed by atoms with E-state index in [2.05, 4.69) is 15.8 Å². The molecule has 0 radical (unpaired) electrons. The molecule has 1 saturated heterocycles. The maximum atomic E-state index is 10.1. The van der Waals surface area contributed by atoms with Gasteiger partial charge in [-0.25, -0.2) is 0 Å². The second-order valence-electron chi connectivity index (χ2n) is 4.57. The van der Waals surface area contributed by atoms with Crippen LogP contribution in [0.2, 0.25) is 5.82 Å². The standard InChI is InChI=1S/C12H15N3O4Se/c1-20-11-6-2-3-15(10(6)13-5-14-11)12-9(18)8(17)7(4-16)19-12/h2-3,5,7-9,12,16-18H,4H2,1H3/t7-,8-,9-,12?/m1/s1. The first kappa shape index (κ1) is 13.9. The van der Waals surface area contributed by atoms with Crippen LogP contribution < -0.4 is 4.59 Å². The van der Waals surface area contributed by atoms with E-state index in [1.807, 2.05) is 6.07 Å². The third-order valence-electron chi connectivity index (χ3n) is 3.46. The summed E-state index contributed by atoms with van der Waals surface area (Å²) >= 11 is 0.232. The van der Waals surface area contributed by atoms with E-state index in [1.165, 1.54) is 6.33 Å². The topological polar surface area (TPSA) is 101 Å². The van der Waals surface area contributed by atoms with Crippen molar-refractivity contribution in [1.29, 1.82) is 0 Å². The molecule has 0 spiro atoms. The summed E-state index contributed by atoms with van der Waals surface area (Å²) in [7, 11) is 0. The Morgan fingerprint density at radius 1 is 1.35 bits per heavy atom. The Labute approximate surface area is 121 Å². The second kappa shape index (κ2) is 5.40. The van der Waals surface area contributed by atoms with Gasteiger partial charge in [-0.1, -0.05) is 0 Å². The van der Waals surface area contributed by atoms with Crippen molar-refractivity contribution < 1.29 is 20.1 Å². The molecule has 0 aliphatic carbocycles.